The van der Waals surface area contributed by atoms with E-state index >= 15 is 0 Å². The molecule has 0 bridgehead atoms. The number of halogens is 1. The van der Waals surface area contributed by atoms with Gasteiger partial charge in [-0.15, -0.1) is 12.4 Å². The van der Waals surface area contributed by atoms with Gasteiger partial charge < -0.3 is 5.32 Å². The van der Waals surface area contributed by atoms with Crippen molar-refractivity contribution in [3.05, 3.63) is 35.4 Å². The maximum atomic E-state index is 4.50. The maximum Gasteiger partial charge on any atom is 0.0762 e. The van der Waals surface area contributed by atoms with Crippen LogP contribution in [0.25, 0.3) is 0 Å². The molecule has 0 saturated heterocycles. The summed E-state index contributed by atoms with van der Waals surface area (Å²) >= 11 is 0. The van der Waals surface area contributed by atoms with Crippen molar-refractivity contribution in [2.45, 2.75) is 39.9 Å². The zero-order valence-corrected chi connectivity index (χ0v) is 12.7. The molecule has 0 amide bonds. The fourth-order valence-electron chi connectivity index (χ4n) is 1.84. The second-order valence-electron chi connectivity index (χ2n) is 4.90. The van der Waals surface area contributed by atoms with Crippen LogP contribution in [-0.2, 0) is 20.1 Å². The highest BCUT2D eigenvalue weighted by Crippen LogP contribution is 2.10. The van der Waals surface area contributed by atoms with Crippen molar-refractivity contribution < 1.29 is 0 Å². The predicted molar refractivity (Wildman–Crippen MR) is 78.3 cm³/mol. The van der Waals surface area contributed by atoms with Crippen molar-refractivity contribution in [1.29, 1.82) is 0 Å². The minimum absolute atomic E-state index is 0. The van der Waals surface area contributed by atoms with Gasteiger partial charge >= 0.3 is 0 Å². The standard InChI is InChI=1S/C13H21N5.ClH/c1-10(2)18-9-12(11(3)15-18)7-14-8-13-5-6-17(4)16-13;/h5-6,9-10,14H,7-8H2,1-4H3;1H. The van der Waals surface area contributed by atoms with Crippen LogP contribution in [0.4, 0.5) is 0 Å². The van der Waals surface area contributed by atoms with E-state index in [2.05, 4.69) is 42.5 Å². The first kappa shape index (κ1) is 15.7. The van der Waals surface area contributed by atoms with Gasteiger partial charge in [0.25, 0.3) is 0 Å². The van der Waals surface area contributed by atoms with Gasteiger partial charge in [-0.3, -0.25) is 9.36 Å². The van der Waals surface area contributed by atoms with Crippen LogP contribution < -0.4 is 5.32 Å². The Hall–Kier alpha value is -1.33. The molecule has 2 heterocycles. The van der Waals surface area contributed by atoms with E-state index in [0.29, 0.717) is 6.04 Å². The highest BCUT2D eigenvalue weighted by molar-refractivity contribution is 5.85. The molecule has 0 aliphatic carbocycles. The van der Waals surface area contributed by atoms with Crippen LogP contribution in [0.5, 0.6) is 0 Å². The second-order valence-corrected chi connectivity index (χ2v) is 4.90. The molecular formula is C13H22ClN5. The van der Waals surface area contributed by atoms with Gasteiger partial charge in [0.05, 0.1) is 11.4 Å². The number of rotatable bonds is 5. The van der Waals surface area contributed by atoms with Crippen molar-refractivity contribution in [2.75, 3.05) is 0 Å². The molecule has 5 nitrogen and oxygen atoms in total. The average Bonchev–Trinajstić information content (AvgIpc) is 2.87. The largest absolute Gasteiger partial charge is 0.307 e. The van der Waals surface area contributed by atoms with E-state index in [4.69, 9.17) is 0 Å². The highest BCUT2D eigenvalue weighted by atomic mass is 35.5. The summed E-state index contributed by atoms with van der Waals surface area (Å²) < 4.78 is 3.83. The molecule has 6 heteroatoms. The van der Waals surface area contributed by atoms with Crippen LogP contribution in [0.1, 0.15) is 36.8 Å². The van der Waals surface area contributed by atoms with E-state index in [1.165, 1.54) is 5.56 Å². The van der Waals surface area contributed by atoms with Crippen molar-refractivity contribution in [3.63, 3.8) is 0 Å². The summed E-state index contributed by atoms with van der Waals surface area (Å²) in [5.41, 5.74) is 3.41. The molecule has 106 valence electrons. The van der Waals surface area contributed by atoms with E-state index in [0.717, 1.165) is 24.5 Å². The first-order valence-corrected chi connectivity index (χ1v) is 6.30. The summed E-state index contributed by atoms with van der Waals surface area (Å²) in [5.74, 6) is 0. The Morgan fingerprint density at radius 1 is 1.26 bits per heavy atom. The SMILES string of the molecule is Cc1nn(C(C)C)cc1CNCc1ccn(C)n1.Cl. The Balaban J connectivity index is 0.00000180. The van der Waals surface area contributed by atoms with Crippen molar-refractivity contribution >= 4 is 12.4 Å². The van der Waals surface area contributed by atoms with Crippen molar-refractivity contribution in [3.8, 4) is 0 Å². The second kappa shape index (κ2) is 6.73. The van der Waals surface area contributed by atoms with Crippen LogP contribution in [0.3, 0.4) is 0 Å². The minimum Gasteiger partial charge on any atom is -0.307 e. The lowest BCUT2D eigenvalue weighted by molar-refractivity contribution is 0.528. The minimum atomic E-state index is 0. The third kappa shape index (κ3) is 4.08. The van der Waals surface area contributed by atoms with E-state index in [9.17, 15) is 0 Å². The van der Waals surface area contributed by atoms with Gasteiger partial charge in [0.1, 0.15) is 0 Å². The molecule has 2 aromatic heterocycles. The number of nitrogens with zero attached hydrogens (tertiary/aromatic N) is 4. The summed E-state index contributed by atoms with van der Waals surface area (Å²) in [6, 6.07) is 2.44. The van der Waals surface area contributed by atoms with Crippen molar-refractivity contribution in [2.24, 2.45) is 7.05 Å². The molecule has 0 fully saturated rings. The Kier molecular flexibility index (Phi) is 5.57. The Labute approximate surface area is 120 Å². The van der Waals surface area contributed by atoms with Gasteiger partial charge in [-0.1, -0.05) is 0 Å². The third-order valence-electron chi connectivity index (χ3n) is 2.94. The Morgan fingerprint density at radius 3 is 2.53 bits per heavy atom. The number of hydrogen-bond donors (Lipinski definition) is 1. The lowest BCUT2D eigenvalue weighted by Crippen LogP contribution is -2.13. The number of aromatic nitrogens is 4. The van der Waals surface area contributed by atoms with E-state index in [1.807, 2.05) is 28.7 Å². The number of nitrogens with one attached hydrogen (secondary N) is 1. The molecular weight excluding hydrogens is 262 g/mol. The maximum absolute atomic E-state index is 4.50. The van der Waals surface area contributed by atoms with E-state index in [-0.39, 0.29) is 12.4 Å². The van der Waals surface area contributed by atoms with Gasteiger partial charge in [-0.2, -0.15) is 10.2 Å². The van der Waals surface area contributed by atoms with Crippen LogP contribution >= 0.6 is 12.4 Å². The number of aryl methyl sites for hydroxylation is 2. The first-order valence-electron chi connectivity index (χ1n) is 6.30. The van der Waals surface area contributed by atoms with Crippen LogP contribution in [0.2, 0.25) is 0 Å². The first-order chi connectivity index (χ1) is 8.56. The quantitative estimate of drug-likeness (QED) is 0.915. The molecule has 0 atom stereocenters. The summed E-state index contributed by atoms with van der Waals surface area (Å²) in [5, 5.41) is 12.2. The number of hydrogen-bond acceptors (Lipinski definition) is 3. The topological polar surface area (TPSA) is 47.7 Å². The molecule has 0 aliphatic rings. The fraction of sp³-hybridized carbons (Fsp3) is 0.538. The Morgan fingerprint density at radius 2 is 2.00 bits per heavy atom. The van der Waals surface area contributed by atoms with Crippen molar-refractivity contribution in [1.82, 2.24) is 24.9 Å². The molecule has 1 N–H and O–H groups in total. The monoisotopic (exact) mass is 283 g/mol. The molecule has 0 radical (unpaired) electrons. The summed E-state index contributed by atoms with van der Waals surface area (Å²) in [6.45, 7) is 7.94. The molecule has 0 aliphatic heterocycles. The normalized spacial score (nSPS) is 10.8. The van der Waals surface area contributed by atoms with Gasteiger partial charge in [0.15, 0.2) is 0 Å². The van der Waals surface area contributed by atoms with Gasteiger partial charge in [-0.05, 0) is 26.8 Å². The van der Waals surface area contributed by atoms with Gasteiger partial charge in [0.2, 0.25) is 0 Å². The zero-order valence-electron chi connectivity index (χ0n) is 11.9. The molecule has 0 saturated carbocycles. The summed E-state index contributed by atoms with van der Waals surface area (Å²) in [7, 11) is 1.93. The third-order valence-corrected chi connectivity index (χ3v) is 2.94. The van der Waals surface area contributed by atoms with E-state index in [1.54, 1.807) is 0 Å². The Bertz CT molecular complexity index is 515. The van der Waals surface area contributed by atoms with Crippen LogP contribution in [0, 0.1) is 6.92 Å². The smallest absolute Gasteiger partial charge is 0.0762 e. The lowest BCUT2D eigenvalue weighted by atomic mass is 10.2. The van der Waals surface area contributed by atoms with Gasteiger partial charge in [0, 0.05) is 44.1 Å². The van der Waals surface area contributed by atoms with Gasteiger partial charge in [-0.25, -0.2) is 0 Å². The predicted octanol–water partition coefficient (Wildman–Crippen LogP) is 2.22. The molecule has 0 aromatic carbocycles. The highest BCUT2D eigenvalue weighted by Gasteiger charge is 2.06. The molecule has 19 heavy (non-hydrogen) atoms. The van der Waals surface area contributed by atoms with Crippen LogP contribution in [-0.4, -0.2) is 19.6 Å². The van der Waals surface area contributed by atoms with E-state index < -0.39 is 0 Å². The fourth-order valence-corrected chi connectivity index (χ4v) is 1.84. The summed E-state index contributed by atoms with van der Waals surface area (Å²) in [6.07, 6.45) is 4.07. The average molecular weight is 284 g/mol. The molecule has 0 unspecified atom stereocenters. The van der Waals surface area contributed by atoms with Crippen LogP contribution in [0.15, 0.2) is 18.5 Å². The molecule has 0 spiro atoms. The summed E-state index contributed by atoms with van der Waals surface area (Å²) in [4.78, 5) is 0. The zero-order chi connectivity index (χ0) is 13.1. The molecule has 2 aromatic rings. The molecule has 2 rings (SSSR count). The lowest BCUT2D eigenvalue weighted by Gasteiger charge is -2.03.